The van der Waals surface area contributed by atoms with Crippen LogP contribution in [0.1, 0.15) is 58.8 Å². The molecule has 1 saturated heterocycles. The molecule has 1 aliphatic heterocycles. The lowest BCUT2D eigenvalue weighted by Gasteiger charge is -2.37. The van der Waals surface area contributed by atoms with Gasteiger partial charge in [-0.15, -0.1) is 0 Å². The Labute approximate surface area is 124 Å². The van der Waals surface area contributed by atoms with E-state index in [1.165, 1.54) is 44.9 Å². The van der Waals surface area contributed by atoms with E-state index in [1.54, 1.807) is 0 Å². The number of nitrogens with one attached hydrogen (secondary N) is 1. The quantitative estimate of drug-likeness (QED) is 0.777. The standard InChI is InChI=1S/C17H33NO2/c1-3-9-18-16-6-5-14(4-2)12-17(16)20-13-15-7-10-19-11-8-15/h14-18H,3-13H2,1-2H3. The van der Waals surface area contributed by atoms with E-state index in [-0.39, 0.29) is 0 Å². The van der Waals surface area contributed by atoms with Crippen molar-refractivity contribution in [2.75, 3.05) is 26.4 Å². The second-order valence-corrected chi connectivity index (χ2v) is 6.58. The molecule has 2 aliphatic rings. The van der Waals surface area contributed by atoms with E-state index in [2.05, 4.69) is 19.2 Å². The highest BCUT2D eigenvalue weighted by molar-refractivity contribution is 4.85. The van der Waals surface area contributed by atoms with Gasteiger partial charge in [-0.25, -0.2) is 0 Å². The molecule has 0 aromatic heterocycles. The van der Waals surface area contributed by atoms with E-state index in [9.17, 15) is 0 Å². The minimum absolute atomic E-state index is 0.433. The summed E-state index contributed by atoms with van der Waals surface area (Å²) in [4.78, 5) is 0. The zero-order valence-electron chi connectivity index (χ0n) is 13.4. The lowest BCUT2D eigenvalue weighted by molar-refractivity contribution is -0.0453. The molecule has 1 N–H and O–H groups in total. The van der Waals surface area contributed by atoms with Gasteiger partial charge in [0.1, 0.15) is 0 Å². The van der Waals surface area contributed by atoms with Crippen LogP contribution >= 0.6 is 0 Å². The van der Waals surface area contributed by atoms with Crippen LogP contribution < -0.4 is 5.32 Å². The van der Waals surface area contributed by atoms with Crippen molar-refractivity contribution in [2.24, 2.45) is 11.8 Å². The highest BCUT2D eigenvalue weighted by Crippen LogP contribution is 2.30. The third kappa shape index (κ3) is 5.01. The molecule has 1 aliphatic carbocycles. The first-order chi connectivity index (χ1) is 9.83. The van der Waals surface area contributed by atoms with Gasteiger partial charge in [-0.2, -0.15) is 0 Å². The molecule has 3 unspecified atom stereocenters. The summed E-state index contributed by atoms with van der Waals surface area (Å²) in [6.45, 7) is 8.47. The fraction of sp³-hybridized carbons (Fsp3) is 1.00. The Morgan fingerprint density at radius 2 is 1.85 bits per heavy atom. The van der Waals surface area contributed by atoms with Crippen molar-refractivity contribution in [3.63, 3.8) is 0 Å². The summed E-state index contributed by atoms with van der Waals surface area (Å²) < 4.78 is 11.8. The molecule has 1 heterocycles. The van der Waals surface area contributed by atoms with Crippen LogP contribution in [0.3, 0.4) is 0 Å². The minimum Gasteiger partial charge on any atom is -0.381 e. The van der Waals surface area contributed by atoms with Crippen LogP contribution in [0.15, 0.2) is 0 Å². The van der Waals surface area contributed by atoms with E-state index < -0.39 is 0 Å². The number of rotatable bonds is 7. The lowest BCUT2D eigenvalue weighted by Crippen LogP contribution is -2.46. The van der Waals surface area contributed by atoms with Crippen LogP contribution in [0, 0.1) is 11.8 Å². The first kappa shape index (κ1) is 16.3. The van der Waals surface area contributed by atoms with E-state index in [4.69, 9.17) is 9.47 Å². The monoisotopic (exact) mass is 283 g/mol. The maximum Gasteiger partial charge on any atom is 0.0730 e. The van der Waals surface area contributed by atoms with Gasteiger partial charge >= 0.3 is 0 Å². The minimum atomic E-state index is 0.433. The highest BCUT2D eigenvalue weighted by Gasteiger charge is 2.30. The fourth-order valence-corrected chi connectivity index (χ4v) is 3.50. The van der Waals surface area contributed by atoms with Crippen molar-refractivity contribution < 1.29 is 9.47 Å². The molecule has 118 valence electrons. The van der Waals surface area contributed by atoms with E-state index in [1.807, 2.05) is 0 Å². The van der Waals surface area contributed by atoms with Crippen LogP contribution in [0.5, 0.6) is 0 Å². The summed E-state index contributed by atoms with van der Waals surface area (Å²) in [7, 11) is 0. The number of ether oxygens (including phenoxy) is 2. The van der Waals surface area contributed by atoms with Crippen molar-refractivity contribution in [3.05, 3.63) is 0 Å². The number of hydrogen-bond acceptors (Lipinski definition) is 3. The summed E-state index contributed by atoms with van der Waals surface area (Å²) in [6.07, 6.45) is 9.21. The summed E-state index contributed by atoms with van der Waals surface area (Å²) in [5.74, 6) is 1.59. The largest absolute Gasteiger partial charge is 0.381 e. The second-order valence-electron chi connectivity index (χ2n) is 6.58. The van der Waals surface area contributed by atoms with Gasteiger partial charge in [-0.1, -0.05) is 20.3 Å². The second kappa shape index (κ2) is 9.01. The molecule has 0 spiro atoms. The maximum absolute atomic E-state index is 6.35. The topological polar surface area (TPSA) is 30.5 Å². The highest BCUT2D eigenvalue weighted by atomic mass is 16.5. The van der Waals surface area contributed by atoms with Gasteiger partial charge in [0.15, 0.2) is 0 Å². The van der Waals surface area contributed by atoms with Crippen molar-refractivity contribution in [3.8, 4) is 0 Å². The third-order valence-corrected chi connectivity index (χ3v) is 5.02. The molecular formula is C17H33NO2. The molecule has 0 bridgehead atoms. The van der Waals surface area contributed by atoms with Crippen LogP contribution in [0.2, 0.25) is 0 Å². The zero-order valence-corrected chi connectivity index (χ0v) is 13.4. The molecule has 0 aromatic rings. The summed E-state index contributed by atoms with van der Waals surface area (Å²) >= 11 is 0. The van der Waals surface area contributed by atoms with Crippen molar-refractivity contribution in [2.45, 2.75) is 70.9 Å². The average molecular weight is 283 g/mol. The normalized spacial score (nSPS) is 32.4. The molecule has 2 rings (SSSR count). The molecular weight excluding hydrogens is 250 g/mol. The van der Waals surface area contributed by atoms with E-state index in [0.717, 1.165) is 38.2 Å². The van der Waals surface area contributed by atoms with Crippen LogP contribution in [0.25, 0.3) is 0 Å². The molecule has 2 fully saturated rings. The van der Waals surface area contributed by atoms with Gasteiger partial charge in [0.05, 0.1) is 12.7 Å². The smallest absolute Gasteiger partial charge is 0.0730 e. The van der Waals surface area contributed by atoms with Gasteiger partial charge in [0, 0.05) is 19.3 Å². The molecule has 1 saturated carbocycles. The molecule has 0 aromatic carbocycles. The Morgan fingerprint density at radius 1 is 1.05 bits per heavy atom. The molecule has 0 amide bonds. The average Bonchev–Trinajstić information content (AvgIpc) is 2.52. The Hall–Kier alpha value is -0.120. The zero-order chi connectivity index (χ0) is 14.2. The molecule has 0 radical (unpaired) electrons. The van der Waals surface area contributed by atoms with Gasteiger partial charge < -0.3 is 14.8 Å². The predicted octanol–water partition coefficient (Wildman–Crippen LogP) is 3.38. The van der Waals surface area contributed by atoms with Gasteiger partial charge in [-0.3, -0.25) is 0 Å². The Morgan fingerprint density at radius 3 is 2.55 bits per heavy atom. The summed E-state index contributed by atoms with van der Waals surface area (Å²) in [6, 6.07) is 0.581. The molecule has 3 heteroatoms. The Bertz CT molecular complexity index is 253. The van der Waals surface area contributed by atoms with Crippen molar-refractivity contribution in [1.29, 1.82) is 0 Å². The summed E-state index contributed by atoms with van der Waals surface area (Å²) in [5.41, 5.74) is 0. The first-order valence-corrected chi connectivity index (χ1v) is 8.76. The van der Waals surface area contributed by atoms with Gasteiger partial charge in [-0.05, 0) is 56.9 Å². The predicted molar refractivity (Wildman–Crippen MR) is 83.0 cm³/mol. The third-order valence-electron chi connectivity index (χ3n) is 5.02. The van der Waals surface area contributed by atoms with E-state index in [0.29, 0.717) is 12.1 Å². The number of hydrogen-bond donors (Lipinski definition) is 1. The molecule has 3 atom stereocenters. The Kier molecular flexibility index (Phi) is 7.32. The fourth-order valence-electron chi connectivity index (χ4n) is 3.50. The van der Waals surface area contributed by atoms with Crippen LogP contribution in [0.4, 0.5) is 0 Å². The molecule has 3 nitrogen and oxygen atoms in total. The Balaban J connectivity index is 1.78. The van der Waals surface area contributed by atoms with Crippen molar-refractivity contribution >= 4 is 0 Å². The van der Waals surface area contributed by atoms with Gasteiger partial charge in [0.25, 0.3) is 0 Å². The lowest BCUT2D eigenvalue weighted by atomic mass is 9.82. The maximum atomic E-state index is 6.35. The van der Waals surface area contributed by atoms with Crippen LogP contribution in [-0.2, 0) is 9.47 Å². The first-order valence-electron chi connectivity index (χ1n) is 8.76. The van der Waals surface area contributed by atoms with Gasteiger partial charge in [0.2, 0.25) is 0 Å². The SMILES string of the molecule is CCCNC1CCC(CC)CC1OCC1CCOCC1. The van der Waals surface area contributed by atoms with Crippen LogP contribution in [-0.4, -0.2) is 38.5 Å². The van der Waals surface area contributed by atoms with Crippen molar-refractivity contribution in [1.82, 2.24) is 5.32 Å². The molecule has 20 heavy (non-hydrogen) atoms. The summed E-state index contributed by atoms with van der Waals surface area (Å²) in [5, 5.41) is 3.70. The van der Waals surface area contributed by atoms with E-state index >= 15 is 0 Å².